The van der Waals surface area contributed by atoms with Crippen LogP contribution < -0.4 is 4.74 Å². The molecular formula is C17H24Br2O. The maximum atomic E-state index is 5.56. The Morgan fingerprint density at radius 1 is 1.35 bits per heavy atom. The van der Waals surface area contributed by atoms with Crippen molar-refractivity contribution in [3.8, 4) is 5.75 Å². The van der Waals surface area contributed by atoms with Gasteiger partial charge in [-0.05, 0) is 48.8 Å². The van der Waals surface area contributed by atoms with Crippen molar-refractivity contribution in [2.75, 3.05) is 6.61 Å². The van der Waals surface area contributed by atoms with E-state index in [0.717, 1.165) is 10.2 Å². The van der Waals surface area contributed by atoms with Crippen LogP contribution in [0.25, 0.3) is 0 Å². The Hall–Kier alpha value is -0.0200. The van der Waals surface area contributed by atoms with Crippen molar-refractivity contribution in [3.63, 3.8) is 0 Å². The van der Waals surface area contributed by atoms with E-state index in [9.17, 15) is 0 Å². The highest BCUT2D eigenvalue weighted by Crippen LogP contribution is 2.51. The average molecular weight is 404 g/mol. The molecule has 2 unspecified atom stereocenters. The SMILES string of the molecule is CCOc1ccc(C(Br)C2CCCCC2(C)C)c(Br)c1. The van der Waals surface area contributed by atoms with E-state index in [4.69, 9.17) is 4.74 Å². The Morgan fingerprint density at radius 3 is 2.70 bits per heavy atom. The van der Waals surface area contributed by atoms with E-state index < -0.39 is 0 Å². The first-order chi connectivity index (χ1) is 9.45. The fourth-order valence-corrected chi connectivity index (χ4v) is 5.56. The molecule has 0 saturated heterocycles. The van der Waals surface area contributed by atoms with Gasteiger partial charge in [-0.25, -0.2) is 0 Å². The first kappa shape index (κ1) is 16.4. The van der Waals surface area contributed by atoms with Crippen LogP contribution in [0, 0.1) is 11.3 Å². The summed E-state index contributed by atoms with van der Waals surface area (Å²) >= 11 is 7.68. The van der Waals surface area contributed by atoms with E-state index in [1.54, 1.807) is 0 Å². The molecule has 0 aromatic heterocycles. The number of halogens is 2. The average Bonchev–Trinajstić information content (AvgIpc) is 2.38. The summed E-state index contributed by atoms with van der Waals surface area (Å²) < 4.78 is 6.71. The van der Waals surface area contributed by atoms with Gasteiger partial charge in [-0.2, -0.15) is 0 Å². The molecule has 1 fully saturated rings. The molecule has 1 saturated carbocycles. The molecule has 0 amide bonds. The summed E-state index contributed by atoms with van der Waals surface area (Å²) in [7, 11) is 0. The molecule has 1 aromatic carbocycles. The van der Waals surface area contributed by atoms with Gasteiger partial charge in [0.2, 0.25) is 0 Å². The summed E-state index contributed by atoms with van der Waals surface area (Å²) in [5.41, 5.74) is 1.75. The molecule has 1 nitrogen and oxygen atoms in total. The summed E-state index contributed by atoms with van der Waals surface area (Å²) in [5, 5.41) is 0. The van der Waals surface area contributed by atoms with Crippen molar-refractivity contribution in [2.24, 2.45) is 11.3 Å². The molecule has 0 spiro atoms. The van der Waals surface area contributed by atoms with Crippen molar-refractivity contribution in [3.05, 3.63) is 28.2 Å². The van der Waals surface area contributed by atoms with E-state index in [2.05, 4.69) is 63.9 Å². The van der Waals surface area contributed by atoms with Gasteiger partial charge < -0.3 is 4.74 Å². The van der Waals surface area contributed by atoms with E-state index in [1.807, 2.05) is 6.92 Å². The predicted molar refractivity (Wildman–Crippen MR) is 92.7 cm³/mol. The molecule has 2 atom stereocenters. The molecule has 0 N–H and O–H groups in total. The lowest BCUT2D eigenvalue weighted by Gasteiger charge is -2.41. The van der Waals surface area contributed by atoms with Crippen LogP contribution in [0.15, 0.2) is 22.7 Å². The Kier molecular flexibility index (Phi) is 5.58. The molecular weight excluding hydrogens is 380 g/mol. The van der Waals surface area contributed by atoms with Crippen LogP contribution >= 0.6 is 31.9 Å². The van der Waals surface area contributed by atoms with E-state index >= 15 is 0 Å². The Labute approximate surface area is 139 Å². The second kappa shape index (κ2) is 6.83. The largest absolute Gasteiger partial charge is 0.494 e. The van der Waals surface area contributed by atoms with Crippen molar-refractivity contribution in [2.45, 2.75) is 51.3 Å². The lowest BCUT2D eigenvalue weighted by Crippen LogP contribution is -2.30. The number of hydrogen-bond donors (Lipinski definition) is 0. The molecule has 1 aliphatic rings. The quantitative estimate of drug-likeness (QED) is 0.521. The molecule has 2 rings (SSSR count). The normalized spacial score (nSPS) is 23.4. The summed E-state index contributed by atoms with van der Waals surface area (Å²) in [6.45, 7) is 7.54. The smallest absolute Gasteiger partial charge is 0.120 e. The Morgan fingerprint density at radius 2 is 2.10 bits per heavy atom. The first-order valence-corrected chi connectivity index (χ1v) is 9.23. The van der Waals surface area contributed by atoms with Gasteiger partial charge in [0.25, 0.3) is 0 Å². The van der Waals surface area contributed by atoms with Crippen LogP contribution in [0.4, 0.5) is 0 Å². The van der Waals surface area contributed by atoms with Crippen LogP contribution in [0.5, 0.6) is 5.75 Å². The van der Waals surface area contributed by atoms with Crippen molar-refractivity contribution < 1.29 is 4.74 Å². The first-order valence-electron chi connectivity index (χ1n) is 7.52. The van der Waals surface area contributed by atoms with E-state index in [0.29, 0.717) is 22.8 Å². The topological polar surface area (TPSA) is 9.23 Å². The lowest BCUT2D eigenvalue weighted by atomic mass is 9.67. The summed E-state index contributed by atoms with van der Waals surface area (Å²) in [6, 6.07) is 6.36. The number of alkyl halides is 1. The molecule has 3 heteroatoms. The van der Waals surface area contributed by atoms with Crippen LogP contribution in [0.1, 0.15) is 56.8 Å². The van der Waals surface area contributed by atoms with Gasteiger partial charge in [0.1, 0.15) is 5.75 Å². The van der Waals surface area contributed by atoms with Crippen molar-refractivity contribution in [1.29, 1.82) is 0 Å². The molecule has 112 valence electrons. The monoisotopic (exact) mass is 402 g/mol. The predicted octanol–water partition coefficient (Wildman–Crippen LogP) is 6.50. The summed E-state index contributed by atoms with van der Waals surface area (Å²) in [6.07, 6.45) is 5.36. The van der Waals surface area contributed by atoms with Gasteiger partial charge in [-0.1, -0.05) is 64.6 Å². The van der Waals surface area contributed by atoms with Crippen molar-refractivity contribution >= 4 is 31.9 Å². The summed E-state index contributed by atoms with van der Waals surface area (Å²) in [4.78, 5) is 0.405. The highest BCUT2D eigenvalue weighted by atomic mass is 79.9. The van der Waals surface area contributed by atoms with Crippen LogP contribution in [-0.2, 0) is 0 Å². The lowest BCUT2D eigenvalue weighted by molar-refractivity contribution is 0.136. The van der Waals surface area contributed by atoms with E-state index in [1.165, 1.54) is 31.2 Å². The summed E-state index contributed by atoms with van der Waals surface area (Å²) in [5.74, 6) is 1.62. The number of rotatable bonds is 4. The van der Waals surface area contributed by atoms with Crippen LogP contribution in [0.3, 0.4) is 0 Å². The third-order valence-corrected chi connectivity index (χ3v) is 6.34. The number of benzene rings is 1. The van der Waals surface area contributed by atoms with Gasteiger partial charge in [-0.15, -0.1) is 0 Å². The second-order valence-corrected chi connectivity index (χ2v) is 8.20. The minimum absolute atomic E-state index is 0.405. The fourth-order valence-electron chi connectivity index (χ4n) is 3.27. The fraction of sp³-hybridized carbons (Fsp3) is 0.647. The minimum Gasteiger partial charge on any atom is -0.494 e. The highest BCUT2D eigenvalue weighted by Gasteiger charge is 2.37. The zero-order valence-corrected chi connectivity index (χ0v) is 15.8. The van der Waals surface area contributed by atoms with Crippen LogP contribution in [0.2, 0.25) is 0 Å². The van der Waals surface area contributed by atoms with E-state index in [-0.39, 0.29) is 0 Å². The van der Waals surface area contributed by atoms with Gasteiger partial charge in [0.05, 0.1) is 6.61 Å². The third-order valence-electron chi connectivity index (χ3n) is 4.52. The molecule has 1 aromatic rings. The Balaban J connectivity index is 2.22. The standard InChI is InChI=1S/C17H24Br2O/c1-4-20-12-8-9-13(15(18)11-12)16(19)14-7-5-6-10-17(14,2)3/h8-9,11,14,16H,4-7,10H2,1-3H3. The number of hydrogen-bond acceptors (Lipinski definition) is 1. The Bertz CT molecular complexity index is 456. The zero-order chi connectivity index (χ0) is 14.8. The van der Waals surface area contributed by atoms with Crippen molar-refractivity contribution in [1.82, 2.24) is 0 Å². The molecule has 0 aliphatic heterocycles. The second-order valence-electron chi connectivity index (χ2n) is 6.36. The molecule has 0 heterocycles. The molecule has 0 bridgehead atoms. The molecule has 0 radical (unpaired) electrons. The van der Waals surface area contributed by atoms with Crippen LogP contribution in [-0.4, -0.2) is 6.61 Å². The van der Waals surface area contributed by atoms with Gasteiger partial charge in [-0.3, -0.25) is 0 Å². The maximum absolute atomic E-state index is 5.56. The molecule has 1 aliphatic carbocycles. The van der Waals surface area contributed by atoms with Gasteiger partial charge in [0.15, 0.2) is 0 Å². The van der Waals surface area contributed by atoms with Gasteiger partial charge in [0, 0.05) is 9.30 Å². The minimum atomic E-state index is 0.405. The zero-order valence-electron chi connectivity index (χ0n) is 12.6. The maximum Gasteiger partial charge on any atom is 0.120 e. The highest BCUT2D eigenvalue weighted by molar-refractivity contribution is 9.11. The van der Waals surface area contributed by atoms with Gasteiger partial charge >= 0.3 is 0 Å². The molecule has 20 heavy (non-hydrogen) atoms. The third kappa shape index (κ3) is 3.59. The number of ether oxygens (including phenoxy) is 1.